The van der Waals surface area contributed by atoms with Crippen LogP contribution in [0.4, 0.5) is 0 Å². The zero-order valence-electron chi connectivity index (χ0n) is 15.6. The Balaban J connectivity index is 1.78. The number of methoxy groups -OCH3 is 1. The van der Waals surface area contributed by atoms with Crippen LogP contribution >= 0.6 is 0 Å². The highest BCUT2D eigenvalue weighted by Crippen LogP contribution is 2.31. The van der Waals surface area contributed by atoms with Crippen molar-refractivity contribution in [3.05, 3.63) is 71.8 Å². The monoisotopic (exact) mass is 366 g/mol. The van der Waals surface area contributed by atoms with Crippen molar-refractivity contribution in [1.82, 2.24) is 10.2 Å². The van der Waals surface area contributed by atoms with Gasteiger partial charge in [-0.2, -0.15) is 0 Å². The molecule has 5 nitrogen and oxygen atoms in total. The molecule has 1 heterocycles. The van der Waals surface area contributed by atoms with Gasteiger partial charge in [0.25, 0.3) is 5.91 Å². The normalized spacial score (nSPS) is 19.5. The molecule has 1 aliphatic rings. The van der Waals surface area contributed by atoms with Crippen molar-refractivity contribution in [3.63, 3.8) is 0 Å². The number of hydrogen-bond donors (Lipinski definition) is 1. The van der Waals surface area contributed by atoms with E-state index < -0.39 is 0 Å². The SMILES string of the molecule is COCCNC(=O)[C@@H]1C[C@H](c2ccccc2)CN(C(=O)c2ccccc2)C1. The third kappa shape index (κ3) is 4.95. The predicted molar refractivity (Wildman–Crippen MR) is 105 cm³/mol. The summed E-state index contributed by atoms with van der Waals surface area (Å²) in [6.07, 6.45) is 0.737. The van der Waals surface area contributed by atoms with Gasteiger partial charge in [0.05, 0.1) is 12.5 Å². The Bertz CT molecular complexity index is 749. The lowest BCUT2D eigenvalue weighted by molar-refractivity contribution is -0.126. The first-order valence-corrected chi connectivity index (χ1v) is 9.35. The fourth-order valence-electron chi connectivity index (χ4n) is 3.61. The topological polar surface area (TPSA) is 58.6 Å². The second-order valence-electron chi connectivity index (χ2n) is 6.90. The highest BCUT2D eigenvalue weighted by molar-refractivity contribution is 5.94. The summed E-state index contributed by atoms with van der Waals surface area (Å²) >= 11 is 0. The van der Waals surface area contributed by atoms with Gasteiger partial charge in [0.15, 0.2) is 0 Å². The first-order chi connectivity index (χ1) is 13.2. The molecule has 1 N–H and O–H groups in total. The lowest BCUT2D eigenvalue weighted by Gasteiger charge is -2.37. The molecule has 142 valence electrons. The number of nitrogens with one attached hydrogen (secondary N) is 1. The van der Waals surface area contributed by atoms with E-state index in [1.54, 1.807) is 7.11 Å². The number of ether oxygens (including phenoxy) is 1. The number of hydrogen-bond acceptors (Lipinski definition) is 3. The van der Waals surface area contributed by atoms with Gasteiger partial charge in [0.1, 0.15) is 0 Å². The minimum Gasteiger partial charge on any atom is -0.383 e. The van der Waals surface area contributed by atoms with Crippen LogP contribution in [0.5, 0.6) is 0 Å². The molecule has 2 aromatic carbocycles. The Kier molecular flexibility index (Phi) is 6.60. The van der Waals surface area contributed by atoms with E-state index in [0.717, 1.165) is 12.0 Å². The van der Waals surface area contributed by atoms with Crippen LogP contribution in [0, 0.1) is 5.92 Å². The molecule has 0 bridgehead atoms. The van der Waals surface area contributed by atoms with Gasteiger partial charge in [0.2, 0.25) is 5.91 Å². The molecule has 2 amide bonds. The largest absolute Gasteiger partial charge is 0.383 e. The molecular weight excluding hydrogens is 340 g/mol. The number of benzene rings is 2. The van der Waals surface area contributed by atoms with E-state index in [4.69, 9.17) is 4.74 Å². The molecule has 2 aromatic rings. The minimum atomic E-state index is -0.228. The first-order valence-electron chi connectivity index (χ1n) is 9.35. The van der Waals surface area contributed by atoms with Crippen LogP contribution in [-0.4, -0.2) is 50.1 Å². The molecule has 0 unspecified atom stereocenters. The highest BCUT2D eigenvalue weighted by atomic mass is 16.5. The standard InChI is InChI=1S/C22H26N2O3/c1-27-13-12-23-21(25)20-14-19(17-8-4-2-5-9-17)15-24(16-20)22(26)18-10-6-3-7-11-18/h2-11,19-20H,12-16H2,1H3,(H,23,25)/t19-,20+/m0/s1. The number of carbonyl (C=O) groups excluding carboxylic acids is 2. The van der Waals surface area contributed by atoms with Crippen molar-refractivity contribution in [2.24, 2.45) is 5.92 Å². The number of carbonyl (C=O) groups is 2. The van der Waals surface area contributed by atoms with Crippen LogP contribution in [0.3, 0.4) is 0 Å². The average molecular weight is 366 g/mol. The smallest absolute Gasteiger partial charge is 0.253 e. The maximum Gasteiger partial charge on any atom is 0.253 e. The van der Waals surface area contributed by atoms with Gasteiger partial charge in [-0.25, -0.2) is 0 Å². The van der Waals surface area contributed by atoms with Gasteiger partial charge >= 0.3 is 0 Å². The molecule has 0 aliphatic carbocycles. The van der Waals surface area contributed by atoms with Crippen LogP contribution in [0.15, 0.2) is 60.7 Å². The van der Waals surface area contributed by atoms with E-state index in [1.807, 2.05) is 53.4 Å². The molecule has 2 atom stereocenters. The second-order valence-corrected chi connectivity index (χ2v) is 6.90. The van der Waals surface area contributed by atoms with Gasteiger partial charge in [-0.15, -0.1) is 0 Å². The molecule has 0 saturated carbocycles. The summed E-state index contributed by atoms with van der Waals surface area (Å²) < 4.78 is 5.01. The maximum atomic E-state index is 13.0. The summed E-state index contributed by atoms with van der Waals surface area (Å²) in [4.78, 5) is 27.4. The molecule has 0 spiro atoms. The summed E-state index contributed by atoms with van der Waals surface area (Å²) in [5.41, 5.74) is 1.82. The molecule has 3 rings (SSSR count). The Hall–Kier alpha value is -2.66. The lowest BCUT2D eigenvalue weighted by atomic mass is 9.83. The second kappa shape index (κ2) is 9.33. The summed E-state index contributed by atoms with van der Waals surface area (Å²) in [6, 6.07) is 19.4. The average Bonchev–Trinajstić information content (AvgIpc) is 2.74. The van der Waals surface area contributed by atoms with Crippen LogP contribution in [0.25, 0.3) is 0 Å². The van der Waals surface area contributed by atoms with E-state index >= 15 is 0 Å². The van der Waals surface area contributed by atoms with Gasteiger partial charge in [-0.3, -0.25) is 9.59 Å². The van der Waals surface area contributed by atoms with Crippen LogP contribution in [0.1, 0.15) is 28.3 Å². The highest BCUT2D eigenvalue weighted by Gasteiger charge is 2.34. The van der Waals surface area contributed by atoms with Crippen LogP contribution in [-0.2, 0) is 9.53 Å². The van der Waals surface area contributed by atoms with Crippen LogP contribution in [0.2, 0.25) is 0 Å². The van der Waals surface area contributed by atoms with Gasteiger partial charge in [0, 0.05) is 38.2 Å². The van der Waals surface area contributed by atoms with Crippen molar-refractivity contribution in [3.8, 4) is 0 Å². The third-order valence-corrected chi connectivity index (χ3v) is 5.01. The summed E-state index contributed by atoms with van der Waals surface area (Å²) in [5, 5.41) is 2.92. The van der Waals surface area contributed by atoms with E-state index in [9.17, 15) is 9.59 Å². The lowest BCUT2D eigenvalue weighted by Crippen LogP contribution is -2.48. The van der Waals surface area contributed by atoms with Gasteiger partial charge < -0.3 is 15.0 Å². The van der Waals surface area contributed by atoms with E-state index in [-0.39, 0.29) is 23.7 Å². The summed E-state index contributed by atoms with van der Waals surface area (Å²) in [6.45, 7) is 2.02. The summed E-state index contributed by atoms with van der Waals surface area (Å²) in [7, 11) is 1.61. The molecule has 27 heavy (non-hydrogen) atoms. The Morgan fingerprint density at radius 2 is 1.70 bits per heavy atom. The Morgan fingerprint density at radius 1 is 1.04 bits per heavy atom. The number of amides is 2. The molecule has 1 fully saturated rings. The predicted octanol–water partition coefficient (Wildman–Crippen LogP) is 2.70. The van der Waals surface area contributed by atoms with Crippen molar-refractivity contribution in [2.75, 3.05) is 33.4 Å². The maximum absolute atomic E-state index is 13.0. The Labute approximate surface area is 160 Å². The molecule has 1 saturated heterocycles. The molecule has 0 radical (unpaired) electrons. The number of piperidine rings is 1. The number of likely N-dealkylation sites (tertiary alicyclic amines) is 1. The van der Waals surface area contributed by atoms with Crippen LogP contribution < -0.4 is 5.32 Å². The van der Waals surface area contributed by atoms with Crippen molar-refractivity contribution < 1.29 is 14.3 Å². The zero-order chi connectivity index (χ0) is 19.1. The minimum absolute atomic E-state index is 0.0152. The van der Waals surface area contributed by atoms with E-state index in [1.165, 1.54) is 0 Å². The first kappa shape index (κ1) is 19.1. The van der Waals surface area contributed by atoms with Gasteiger partial charge in [-0.1, -0.05) is 48.5 Å². The zero-order valence-corrected chi connectivity index (χ0v) is 15.6. The number of rotatable bonds is 6. The van der Waals surface area contributed by atoms with E-state index in [0.29, 0.717) is 31.8 Å². The fourth-order valence-corrected chi connectivity index (χ4v) is 3.61. The van der Waals surface area contributed by atoms with Crippen molar-refractivity contribution >= 4 is 11.8 Å². The van der Waals surface area contributed by atoms with Crippen molar-refractivity contribution in [2.45, 2.75) is 12.3 Å². The molecule has 1 aliphatic heterocycles. The quantitative estimate of drug-likeness (QED) is 0.800. The fraction of sp³-hybridized carbons (Fsp3) is 0.364. The summed E-state index contributed by atoms with van der Waals surface area (Å²) in [5.74, 6) is -0.122. The Morgan fingerprint density at radius 3 is 2.37 bits per heavy atom. The molecular formula is C22H26N2O3. The molecule has 5 heteroatoms. The number of nitrogens with zero attached hydrogens (tertiary/aromatic N) is 1. The van der Waals surface area contributed by atoms with Gasteiger partial charge in [-0.05, 0) is 24.1 Å². The van der Waals surface area contributed by atoms with Crippen molar-refractivity contribution in [1.29, 1.82) is 0 Å². The third-order valence-electron chi connectivity index (χ3n) is 5.01. The van der Waals surface area contributed by atoms with E-state index in [2.05, 4.69) is 17.4 Å². The molecule has 0 aromatic heterocycles.